The molecule has 0 aromatic heterocycles. The van der Waals surface area contributed by atoms with Crippen molar-refractivity contribution >= 4 is 11.6 Å². The van der Waals surface area contributed by atoms with Gasteiger partial charge in [0.05, 0.1) is 25.4 Å². The number of hydrogen-bond acceptors (Lipinski definition) is 4. The zero-order chi connectivity index (χ0) is 14.9. The highest BCUT2D eigenvalue weighted by atomic mass is 19.1. The number of amides is 1. The van der Waals surface area contributed by atoms with Crippen molar-refractivity contribution in [3.63, 3.8) is 0 Å². The summed E-state index contributed by atoms with van der Waals surface area (Å²) in [5, 5.41) is 5.62. The molecule has 5 nitrogen and oxygen atoms in total. The molecule has 2 N–H and O–H groups in total. The molecule has 0 atom stereocenters. The Bertz CT molecular complexity index is 450. The molecule has 0 spiro atoms. The third-order valence-electron chi connectivity index (χ3n) is 3.37. The van der Waals surface area contributed by atoms with Crippen molar-refractivity contribution in [2.45, 2.75) is 6.42 Å². The van der Waals surface area contributed by atoms with Crippen molar-refractivity contribution in [2.24, 2.45) is 0 Å². The van der Waals surface area contributed by atoms with Crippen molar-refractivity contribution in [3.05, 3.63) is 30.1 Å². The quantitative estimate of drug-likeness (QED) is 0.739. The van der Waals surface area contributed by atoms with Crippen LogP contribution in [0, 0.1) is 5.82 Å². The molecule has 1 saturated heterocycles. The van der Waals surface area contributed by atoms with Crippen LogP contribution in [0.4, 0.5) is 10.1 Å². The predicted octanol–water partition coefficient (Wildman–Crippen LogP) is 1.08. The number of nitrogens with zero attached hydrogens (tertiary/aromatic N) is 1. The van der Waals surface area contributed by atoms with Crippen molar-refractivity contribution in [3.8, 4) is 0 Å². The molecule has 0 radical (unpaired) electrons. The molecule has 2 rings (SSSR count). The van der Waals surface area contributed by atoms with Gasteiger partial charge in [-0.3, -0.25) is 9.69 Å². The average molecular weight is 295 g/mol. The predicted molar refractivity (Wildman–Crippen MR) is 79.8 cm³/mol. The highest BCUT2D eigenvalue weighted by Gasteiger charge is 2.09. The van der Waals surface area contributed by atoms with Crippen molar-refractivity contribution in [1.82, 2.24) is 10.2 Å². The Hall–Kier alpha value is -1.50. The van der Waals surface area contributed by atoms with E-state index in [2.05, 4.69) is 15.5 Å². The fraction of sp³-hybridized carbons (Fsp3) is 0.533. The van der Waals surface area contributed by atoms with E-state index in [1.54, 1.807) is 18.2 Å². The number of halogens is 1. The summed E-state index contributed by atoms with van der Waals surface area (Å²) in [6.45, 7) is 5.53. The van der Waals surface area contributed by atoms with E-state index < -0.39 is 5.82 Å². The highest BCUT2D eigenvalue weighted by molar-refractivity contribution is 5.92. The summed E-state index contributed by atoms with van der Waals surface area (Å²) in [5.74, 6) is -0.648. The number of anilines is 1. The molecular formula is C15H22FN3O2. The normalized spacial score (nSPS) is 15.9. The SMILES string of the molecule is O=C(CNCCCN1CCOCC1)Nc1ccccc1F. The zero-order valence-corrected chi connectivity index (χ0v) is 12.1. The zero-order valence-electron chi connectivity index (χ0n) is 12.1. The monoisotopic (exact) mass is 295 g/mol. The number of rotatable bonds is 7. The summed E-state index contributed by atoms with van der Waals surface area (Å²) in [6.07, 6.45) is 0.979. The summed E-state index contributed by atoms with van der Waals surface area (Å²) in [7, 11) is 0. The van der Waals surface area contributed by atoms with Gasteiger partial charge in [0.2, 0.25) is 5.91 Å². The minimum absolute atomic E-state index is 0.192. The van der Waals surface area contributed by atoms with E-state index in [0.717, 1.165) is 45.8 Å². The van der Waals surface area contributed by atoms with E-state index in [1.165, 1.54) is 6.07 Å². The van der Waals surface area contributed by atoms with E-state index >= 15 is 0 Å². The first-order chi connectivity index (χ1) is 10.3. The summed E-state index contributed by atoms with van der Waals surface area (Å²) in [5.41, 5.74) is 0.220. The number of benzene rings is 1. The molecule has 1 aromatic carbocycles. The highest BCUT2D eigenvalue weighted by Crippen LogP contribution is 2.11. The lowest BCUT2D eigenvalue weighted by molar-refractivity contribution is -0.115. The molecule has 1 amide bonds. The number of nitrogens with one attached hydrogen (secondary N) is 2. The maximum atomic E-state index is 13.3. The Balaban J connectivity index is 1.56. The van der Waals surface area contributed by atoms with Crippen LogP contribution in [0.2, 0.25) is 0 Å². The summed E-state index contributed by atoms with van der Waals surface area (Å²) in [4.78, 5) is 14.0. The molecule has 0 unspecified atom stereocenters. The molecule has 0 saturated carbocycles. The largest absolute Gasteiger partial charge is 0.379 e. The van der Waals surface area contributed by atoms with Crippen LogP contribution in [0.5, 0.6) is 0 Å². The van der Waals surface area contributed by atoms with E-state index in [4.69, 9.17) is 4.74 Å². The third-order valence-corrected chi connectivity index (χ3v) is 3.37. The molecule has 1 fully saturated rings. The Labute approximate surface area is 124 Å². The molecule has 0 aliphatic carbocycles. The number of ether oxygens (including phenoxy) is 1. The second-order valence-electron chi connectivity index (χ2n) is 5.01. The van der Waals surface area contributed by atoms with Gasteiger partial charge in [-0.1, -0.05) is 12.1 Å². The fourth-order valence-electron chi connectivity index (χ4n) is 2.21. The van der Waals surface area contributed by atoms with Crippen LogP contribution in [0.15, 0.2) is 24.3 Å². The molecule has 0 bridgehead atoms. The van der Waals surface area contributed by atoms with Gasteiger partial charge in [-0.05, 0) is 31.6 Å². The van der Waals surface area contributed by atoms with E-state index in [-0.39, 0.29) is 18.1 Å². The Morgan fingerprint density at radius 2 is 2.05 bits per heavy atom. The fourth-order valence-corrected chi connectivity index (χ4v) is 2.21. The molecule has 1 aliphatic rings. The molecule has 21 heavy (non-hydrogen) atoms. The van der Waals surface area contributed by atoms with E-state index in [1.807, 2.05) is 0 Å². The first kappa shape index (κ1) is 15.9. The summed E-state index contributed by atoms with van der Waals surface area (Å²) >= 11 is 0. The Morgan fingerprint density at radius 1 is 1.29 bits per heavy atom. The lowest BCUT2D eigenvalue weighted by Crippen LogP contribution is -2.38. The lowest BCUT2D eigenvalue weighted by atomic mass is 10.3. The second-order valence-corrected chi connectivity index (χ2v) is 5.01. The third kappa shape index (κ3) is 5.79. The summed E-state index contributed by atoms with van der Waals surface area (Å²) in [6, 6.07) is 6.15. The van der Waals surface area contributed by atoms with Crippen molar-refractivity contribution < 1.29 is 13.9 Å². The van der Waals surface area contributed by atoms with Crippen LogP contribution >= 0.6 is 0 Å². The Kier molecular flexibility index (Phi) is 6.59. The van der Waals surface area contributed by atoms with Gasteiger partial charge in [-0.15, -0.1) is 0 Å². The van der Waals surface area contributed by atoms with Gasteiger partial charge in [0.1, 0.15) is 5.82 Å². The number of carbonyl (C=O) groups excluding carboxylic acids is 1. The van der Waals surface area contributed by atoms with Crippen LogP contribution in [-0.2, 0) is 9.53 Å². The van der Waals surface area contributed by atoms with Gasteiger partial charge in [-0.25, -0.2) is 4.39 Å². The van der Waals surface area contributed by atoms with Gasteiger partial charge in [0.25, 0.3) is 0 Å². The molecule has 1 aromatic rings. The van der Waals surface area contributed by atoms with E-state index in [0.29, 0.717) is 0 Å². The number of hydrogen-bond donors (Lipinski definition) is 2. The molecular weight excluding hydrogens is 273 g/mol. The van der Waals surface area contributed by atoms with Crippen LogP contribution in [0.1, 0.15) is 6.42 Å². The van der Waals surface area contributed by atoms with Crippen LogP contribution in [-0.4, -0.2) is 56.7 Å². The average Bonchev–Trinajstić information content (AvgIpc) is 2.50. The minimum Gasteiger partial charge on any atom is -0.379 e. The number of morpholine rings is 1. The smallest absolute Gasteiger partial charge is 0.238 e. The summed E-state index contributed by atoms with van der Waals surface area (Å²) < 4.78 is 18.6. The number of carbonyl (C=O) groups is 1. The van der Waals surface area contributed by atoms with Crippen molar-refractivity contribution in [2.75, 3.05) is 51.3 Å². The molecule has 1 heterocycles. The second kappa shape index (κ2) is 8.71. The Morgan fingerprint density at radius 3 is 2.81 bits per heavy atom. The minimum atomic E-state index is -0.418. The lowest BCUT2D eigenvalue weighted by Gasteiger charge is -2.26. The standard InChI is InChI=1S/C15H22FN3O2/c16-13-4-1-2-5-14(13)18-15(20)12-17-6-3-7-19-8-10-21-11-9-19/h1-2,4-5,17H,3,6-12H2,(H,18,20). The van der Waals surface area contributed by atoms with Gasteiger partial charge in [0, 0.05) is 13.1 Å². The topological polar surface area (TPSA) is 53.6 Å². The van der Waals surface area contributed by atoms with Gasteiger partial charge < -0.3 is 15.4 Å². The van der Waals surface area contributed by atoms with Crippen LogP contribution in [0.3, 0.4) is 0 Å². The maximum absolute atomic E-state index is 13.3. The van der Waals surface area contributed by atoms with Crippen molar-refractivity contribution in [1.29, 1.82) is 0 Å². The molecule has 6 heteroatoms. The molecule has 116 valence electrons. The maximum Gasteiger partial charge on any atom is 0.238 e. The van der Waals surface area contributed by atoms with Gasteiger partial charge in [0.15, 0.2) is 0 Å². The molecule has 1 aliphatic heterocycles. The van der Waals surface area contributed by atoms with E-state index in [9.17, 15) is 9.18 Å². The van der Waals surface area contributed by atoms with Crippen LogP contribution < -0.4 is 10.6 Å². The first-order valence-electron chi connectivity index (χ1n) is 7.31. The number of para-hydroxylation sites is 1. The first-order valence-corrected chi connectivity index (χ1v) is 7.31. The van der Waals surface area contributed by atoms with Gasteiger partial charge >= 0.3 is 0 Å². The van der Waals surface area contributed by atoms with Crippen LogP contribution in [0.25, 0.3) is 0 Å². The van der Waals surface area contributed by atoms with Gasteiger partial charge in [-0.2, -0.15) is 0 Å².